The zero-order valence-electron chi connectivity index (χ0n) is 20.9. The van der Waals surface area contributed by atoms with Crippen LogP contribution in [0, 0.1) is 5.41 Å². The molecule has 0 aliphatic heterocycles. The van der Waals surface area contributed by atoms with Gasteiger partial charge in [-0.15, -0.1) is 0 Å². The first-order valence-corrected chi connectivity index (χ1v) is 11.6. The van der Waals surface area contributed by atoms with E-state index in [0.717, 1.165) is 22.3 Å². The van der Waals surface area contributed by atoms with Gasteiger partial charge in [-0.3, -0.25) is 9.59 Å². The fourth-order valence-electron chi connectivity index (χ4n) is 4.12. The van der Waals surface area contributed by atoms with Gasteiger partial charge in [0, 0.05) is 25.1 Å². The lowest BCUT2D eigenvalue weighted by Gasteiger charge is -2.39. The number of aliphatic carboxylic acids is 1. The summed E-state index contributed by atoms with van der Waals surface area (Å²) in [5.41, 5.74) is 2.38. The minimum absolute atomic E-state index is 0.0424. The monoisotopic (exact) mass is 482 g/mol. The van der Waals surface area contributed by atoms with Gasteiger partial charge < -0.3 is 25.2 Å². The van der Waals surface area contributed by atoms with Gasteiger partial charge in [-0.1, -0.05) is 48.5 Å². The van der Waals surface area contributed by atoms with Crippen molar-refractivity contribution in [2.75, 3.05) is 20.3 Å². The smallest absolute Gasteiger partial charge is 0.407 e. The second-order valence-corrected chi connectivity index (χ2v) is 9.87. The third kappa shape index (κ3) is 5.65. The normalized spacial score (nSPS) is 14.0. The van der Waals surface area contributed by atoms with Gasteiger partial charge in [-0.05, 0) is 49.9 Å². The van der Waals surface area contributed by atoms with Crippen molar-refractivity contribution in [3.05, 3.63) is 59.7 Å². The van der Waals surface area contributed by atoms with Gasteiger partial charge in [0.05, 0.1) is 17.9 Å². The van der Waals surface area contributed by atoms with E-state index in [1.807, 2.05) is 36.4 Å². The molecule has 0 bridgehead atoms. The fraction of sp³-hybridized carbons (Fsp3) is 0.444. The minimum Gasteiger partial charge on any atom is -0.481 e. The van der Waals surface area contributed by atoms with Gasteiger partial charge in [-0.2, -0.15) is 0 Å². The molecule has 35 heavy (non-hydrogen) atoms. The summed E-state index contributed by atoms with van der Waals surface area (Å²) < 4.78 is 10.9. The average molecular weight is 483 g/mol. The van der Waals surface area contributed by atoms with Crippen LogP contribution in [0.25, 0.3) is 11.1 Å². The van der Waals surface area contributed by atoms with E-state index in [1.54, 1.807) is 27.7 Å². The number of ether oxygens (including phenoxy) is 2. The van der Waals surface area contributed by atoms with E-state index in [9.17, 15) is 19.5 Å². The summed E-state index contributed by atoms with van der Waals surface area (Å²) in [7, 11) is 1.45. The quantitative estimate of drug-likeness (QED) is 0.473. The molecule has 0 heterocycles. The van der Waals surface area contributed by atoms with E-state index in [-0.39, 0.29) is 31.4 Å². The molecule has 1 aliphatic rings. The number of benzene rings is 2. The van der Waals surface area contributed by atoms with Crippen molar-refractivity contribution in [1.82, 2.24) is 10.6 Å². The maximum atomic E-state index is 12.5. The van der Waals surface area contributed by atoms with Crippen LogP contribution in [-0.4, -0.2) is 55.0 Å². The topological polar surface area (TPSA) is 114 Å². The van der Waals surface area contributed by atoms with Crippen LogP contribution in [0.3, 0.4) is 0 Å². The number of carbonyl (C=O) groups excluding carboxylic acids is 2. The molecule has 2 aromatic carbocycles. The Morgan fingerprint density at radius 3 is 2.03 bits per heavy atom. The highest BCUT2D eigenvalue weighted by atomic mass is 16.5. The van der Waals surface area contributed by atoms with Gasteiger partial charge in [0.2, 0.25) is 5.91 Å². The van der Waals surface area contributed by atoms with Crippen molar-refractivity contribution >= 4 is 18.0 Å². The molecule has 3 rings (SSSR count). The number of hydrogen-bond donors (Lipinski definition) is 3. The van der Waals surface area contributed by atoms with Crippen LogP contribution >= 0.6 is 0 Å². The van der Waals surface area contributed by atoms with E-state index < -0.39 is 29.1 Å². The van der Waals surface area contributed by atoms with Gasteiger partial charge in [0.15, 0.2) is 0 Å². The third-order valence-electron chi connectivity index (χ3n) is 7.11. The third-order valence-corrected chi connectivity index (χ3v) is 7.11. The maximum absolute atomic E-state index is 12.5. The second kappa shape index (κ2) is 10.5. The molecule has 188 valence electrons. The average Bonchev–Trinajstić information content (AvgIpc) is 3.13. The van der Waals surface area contributed by atoms with E-state index in [0.29, 0.717) is 0 Å². The number of carboxylic acid groups (broad SMARTS) is 1. The Hall–Kier alpha value is -3.39. The molecule has 2 aromatic rings. The number of carboxylic acids is 1. The molecular weight excluding hydrogens is 448 g/mol. The Kier molecular flexibility index (Phi) is 7.85. The number of fused-ring (bicyclic) bond motifs is 3. The van der Waals surface area contributed by atoms with Gasteiger partial charge >= 0.3 is 12.1 Å². The summed E-state index contributed by atoms with van der Waals surface area (Å²) in [6, 6.07) is 16.2. The zero-order chi connectivity index (χ0) is 25.8. The second-order valence-electron chi connectivity index (χ2n) is 9.87. The number of rotatable bonds is 10. The first-order chi connectivity index (χ1) is 16.5. The molecular formula is C27H34N2O6. The lowest BCUT2D eigenvalue weighted by Crippen LogP contribution is -2.57. The molecule has 8 nitrogen and oxygen atoms in total. The highest BCUT2D eigenvalue weighted by Crippen LogP contribution is 2.44. The highest BCUT2D eigenvalue weighted by molar-refractivity contribution is 5.81. The number of amides is 2. The summed E-state index contributed by atoms with van der Waals surface area (Å²) in [4.78, 5) is 36.5. The molecule has 0 saturated heterocycles. The zero-order valence-corrected chi connectivity index (χ0v) is 20.9. The Balaban J connectivity index is 1.52. The predicted octanol–water partition coefficient (Wildman–Crippen LogP) is 3.94. The summed E-state index contributed by atoms with van der Waals surface area (Å²) in [5.74, 6) is -1.43. The number of methoxy groups -OCH3 is 1. The van der Waals surface area contributed by atoms with Crippen molar-refractivity contribution < 1.29 is 29.0 Å². The maximum Gasteiger partial charge on any atom is 0.407 e. The summed E-state index contributed by atoms with van der Waals surface area (Å²) in [6.07, 6.45) is -1.24. The lowest BCUT2D eigenvalue weighted by molar-refractivity contribution is -0.152. The molecule has 2 amide bonds. The van der Waals surface area contributed by atoms with Crippen molar-refractivity contribution in [3.8, 4) is 11.1 Å². The standard InChI is InChI=1S/C27H34N2O6/c1-26(2,24(31)32)27(3,4)29-23(30)14-17(34-5)15-28-25(33)35-16-22-20-12-8-6-10-18(20)19-11-7-9-13-21(19)22/h6-13,17,22H,14-16H2,1-5H3,(H,28,33)(H,29,30)(H,31,32). The molecule has 0 spiro atoms. The van der Waals surface area contributed by atoms with Crippen LogP contribution in [0.5, 0.6) is 0 Å². The van der Waals surface area contributed by atoms with Crippen molar-refractivity contribution in [1.29, 1.82) is 0 Å². The lowest BCUT2D eigenvalue weighted by atomic mass is 9.74. The summed E-state index contributed by atoms with van der Waals surface area (Å²) >= 11 is 0. The van der Waals surface area contributed by atoms with E-state index in [1.165, 1.54) is 7.11 Å². The first-order valence-electron chi connectivity index (χ1n) is 11.6. The van der Waals surface area contributed by atoms with Crippen molar-refractivity contribution in [2.24, 2.45) is 5.41 Å². The van der Waals surface area contributed by atoms with Gasteiger partial charge in [-0.25, -0.2) is 4.79 Å². The Morgan fingerprint density at radius 1 is 0.971 bits per heavy atom. The van der Waals surface area contributed by atoms with E-state index >= 15 is 0 Å². The van der Waals surface area contributed by atoms with E-state index in [4.69, 9.17) is 9.47 Å². The molecule has 1 atom stereocenters. The first kappa shape index (κ1) is 26.2. The molecule has 0 aromatic heterocycles. The Bertz CT molecular complexity index is 1050. The Labute approximate surface area is 206 Å². The van der Waals surface area contributed by atoms with Crippen molar-refractivity contribution in [2.45, 2.75) is 51.7 Å². The van der Waals surface area contributed by atoms with Crippen LogP contribution in [-0.2, 0) is 19.1 Å². The number of carbonyl (C=O) groups is 3. The molecule has 3 N–H and O–H groups in total. The predicted molar refractivity (Wildman–Crippen MR) is 132 cm³/mol. The molecule has 0 saturated carbocycles. The summed E-state index contributed by atoms with van der Waals surface area (Å²) in [5, 5.41) is 14.9. The molecule has 0 fully saturated rings. The largest absolute Gasteiger partial charge is 0.481 e. The number of nitrogens with one attached hydrogen (secondary N) is 2. The Morgan fingerprint density at radius 2 is 1.51 bits per heavy atom. The summed E-state index contributed by atoms with van der Waals surface area (Å²) in [6.45, 7) is 6.70. The van der Waals surface area contributed by atoms with Crippen LogP contribution in [0.2, 0.25) is 0 Å². The fourth-order valence-corrected chi connectivity index (χ4v) is 4.12. The molecule has 8 heteroatoms. The SMILES string of the molecule is COC(CNC(=O)OCC1c2ccccc2-c2ccccc21)CC(=O)NC(C)(C)C(C)(C)C(=O)O. The van der Waals surface area contributed by atoms with Crippen LogP contribution < -0.4 is 10.6 Å². The molecule has 0 radical (unpaired) electrons. The van der Waals surface area contributed by atoms with Crippen LogP contribution in [0.15, 0.2) is 48.5 Å². The van der Waals surface area contributed by atoms with Gasteiger partial charge in [0.1, 0.15) is 6.61 Å². The number of alkyl carbamates (subject to hydrolysis) is 1. The molecule has 1 aliphatic carbocycles. The van der Waals surface area contributed by atoms with Crippen LogP contribution in [0.1, 0.15) is 51.2 Å². The van der Waals surface area contributed by atoms with Crippen LogP contribution in [0.4, 0.5) is 4.79 Å². The van der Waals surface area contributed by atoms with E-state index in [2.05, 4.69) is 22.8 Å². The highest BCUT2D eigenvalue weighted by Gasteiger charge is 2.44. The van der Waals surface area contributed by atoms with Crippen molar-refractivity contribution in [3.63, 3.8) is 0 Å². The minimum atomic E-state index is -1.18. The molecule has 1 unspecified atom stereocenters. The van der Waals surface area contributed by atoms with Gasteiger partial charge in [0.25, 0.3) is 0 Å². The number of hydrogen-bond acceptors (Lipinski definition) is 5.